The minimum absolute atomic E-state index is 0.00793. The first kappa shape index (κ1) is 20.3. The number of amides is 1. The molecule has 2 fully saturated rings. The van der Waals surface area contributed by atoms with Gasteiger partial charge >= 0.3 is 0 Å². The summed E-state index contributed by atoms with van der Waals surface area (Å²) in [5.41, 5.74) is 0.198. The number of halogens is 2. The van der Waals surface area contributed by atoms with Crippen LogP contribution in [-0.4, -0.2) is 79.5 Å². The topological polar surface area (TPSA) is 87.2 Å². The maximum absolute atomic E-state index is 14.7. The largest absolute Gasteiger partial charge is 0.507 e. The third-order valence-corrected chi connectivity index (χ3v) is 6.21. The Hall–Kier alpha value is -2.62. The fourth-order valence-electron chi connectivity index (χ4n) is 4.28. The molecular weight excluding hydrogens is 427 g/mol. The number of morpholine rings is 1. The van der Waals surface area contributed by atoms with Crippen molar-refractivity contribution in [1.29, 1.82) is 0 Å². The van der Waals surface area contributed by atoms with Gasteiger partial charge in [-0.25, -0.2) is 9.37 Å². The number of ether oxygens (including phenoxy) is 2. The lowest BCUT2D eigenvalue weighted by Crippen LogP contribution is -2.55. The number of phenolic OH excluding ortho intramolecular Hbond substituents is 1. The first-order valence-corrected chi connectivity index (χ1v) is 10.6. The molecular formula is C21H22ClFN4O4. The summed E-state index contributed by atoms with van der Waals surface area (Å²) in [6.07, 6.45) is 0. The molecule has 0 aliphatic carbocycles. The number of carbonyl (C=O) groups excluding carboxylic acids is 1. The van der Waals surface area contributed by atoms with E-state index in [4.69, 9.17) is 21.1 Å². The average Bonchev–Trinajstić information content (AvgIpc) is 2.93. The molecule has 4 heterocycles. The molecule has 0 radical (unpaired) electrons. The summed E-state index contributed by atoms with van der Waals surface area (Å²) in [4.78, 5) is 21.9. The van der Waals surface area contributed by atoms with Crippen LogP contribution < -0.4 is 15.0 Å². The van der Waals surface area contributed by atoms with E-state index in [1.165, 1.54) is 18.2 Å². The quantitative estimate of drug-likeness (QED) is 0.725. The van der Waals surface area contributed by atoms with Crippen molar-refractivity contribution in [2.24, 2.45) is 0 Å². The van der Waals surface area contributed by atoms with Gasteiger partial charge in [-0.05, 0) is 12.1 Å². The van der Waals surface area contributed by atoms with Gasteiger partial charge in [-0.2, -0.15) is 0 Å². The summed E-state index contributed by atoms with van der Waals surface area (Å²) in [6.45, 7) is 4.08. The number of pyridine rings is 1. The normalized spacial score (nSPS) is 21.2. The van der Waals surface area contributed by atoms with E-state index in [0.29, 0.717) is 51.8 Å². The Morgan fingerprint density at radius 3 is 2.81 bits per heavy atom. The van der Waals surface area contributed by atoms with Crippen LogP contribution in [0.25, 0.3) is 11.3 Å². The number of aromatic nitrogens is 1. The first-order chi connectivity index (χ1) is 15.1. The zero-order chi connectivity index (χ0) is 21.5. The highest BCUT2D eigenvalue weighted by atomic mass is 35.5. The summed E-state index contributed by atoms with van der Waals surface area (Å²) < 4.78 is 26.2. The second kappa shape index (κ2) is 8.14. The van der Waals surface area contributed by atoms with Crippen molar-refractivity contribution >= 4 is 23.3 Å². The standard InChI is InChI=1S/C21H22ClFN4O4/c22-17-18(15-13(23)2-1-3-14(15)28)25-20(26-6-8-30-9-7-26)16-19(17)31-11-12-10-24-4-5-27(12)21(16)29/h1-3,12,24,28H,4-11H2/t12-/m1/s1. The summed E-state index contributed by atoms with van der Waals surface area (Å²) in [5.74, 6) is -0.619. The number of nitrogens with one attached hydrogen (secondary N) is 1. The van der Waals surface area contributed by atoms with Crippen LogP contribution in [0, 0.1) is 5.82 Å². The number of carbonyl (C=O) groups is 1. The van der Waals surface area contributed by atoms with E-state index < -0.39 is 5.82 Å². The zero-order valence-corrected chi connectivity index (χ0v) is 17.5. The predicted molar refractivity (Wildman–Crippen MR) is 113 cm³/mol. The number of benzene rings is 1. The summed E-state index contributed by atoms with van der Waals surface area (Å²) in [5, 5.41) is 13.6. The molecule has 0 spiro atoms. The molecule has 1 atom stereocenters. The van der Waals surface area contributed by atoms with Gasteiger partial charge in [0.05, 0.1) is 24.8 Å². The van der Waals surface area contributed by atoms with Crippen molar-refractivity contribution in [1.82, 2.24) is 15.2 Å². The SMILES string of the molecule is O=C1c2c(N3CCOCC3)nc(-c3c(O)cccc3F)c(Cl)c2OC[C@H]2CNCCN12. The number of rotatable bonds is 2. The molecule has 3 aliphatic rings. The molecule has 8 nitrogen and oxygen atoms in total. The van der Waals surface area contributed by atoms with Gasteiger partial charge in [0.15, 0.2) is 5.75 Å². The number of hydrogen-bond acceptors (Lipinski definition) is 7. The molecule has 1 aromatic heterocycles. The molecule has 31 heavy (non-hydrogen) atoms. The van der Waals surface area contributed by atoms with Crippen molar-refractivity contribution in [2.45, 2.75) is 6.04 Å². The van der Waals surface area contributed by atoms with Crippen molar-refractivity contribution in [3.05, 3.63) is 34.6 Å². The van der Waals surface area contributed by atoms with Crippen LogP contribution in [0.15, 0.2) is 18.2 Å². The molecule has 3 aliphatic heterocycles. The second-order valence-electron chi connectivity index (χ2n) is 7.70. The van der Waals surface area contributed by atoms with Crippen molar-refractivity contribution in [3.8, 4) is 22.8 Å². The van der Waals surface area contributed by atoms with E-state index in [1.54, 1.807) is 4.90 Å². The number of nitrogens with zero attached hydrogens (tertiary/aromatic N) is 3. The Balaban J connectivity index is 1.73. The van der Waals surface area contributed by atoms with E-state index in [0.717, 1.165) is 0 Å². The molecule has 0 unspecified atom stereocenters. The summed E-state index contributed by atoms with van der Waals surface area (Å²) in [6, 6.07) is 3.85. The molecule has 164 valence electrons. The van der Waals surface area contributed by atoms with Gasteiger partial charge in [0, 0.05) is 32.7 Å². The first-order valence-electron chi connectivity index (χ1n) is 10.2. The number of aromatic hydroxyl groups is 1. The highest BCUT2D eigenvalue weighted by molar-refractivity contribution is 6.35. The minimum atomic E-state index is -0.663. The van der Waals surface area contributed by atoms with Crippen molar-refractivity contribution in [3.63, 3.8) is 0 Å². The van der Waals surface area contributed by atoms with Gasteiger partial charge in [0.2, 0.25) is 0 Å². The van der Waals surface area contributed by atoms with Gasteiger partial charge in [-0.1, -0.05) is 17.7 Å². The van der Waals surface area contributed by atoms with Gasteiger partial charge in [0.25, 0.3) is 5.91 Å². The Labute approximate surface area is 183 Å². The molecule has 10 heteroatoms. The molecule has 2 N–H and O–H groups in total. The number of phenols is 1. The molecule has 0 saturated carbocycles. The van der Waals surface area contributed by atoms with Crippen LogP contribution >= 0.6 is 11.6 Å². The van der Waals surface area contributed by atoms with Gasteiger partial charge < -0.3 is 29.7 Å². The molecule has 1 amide bonds. The molecule has 2 saturated heterocycles. The Kier molecular flexibility index (Phi) is 5.33. The number of fused-ring (bicyclic) bond motifs is 2. The van der Waals surface area contributed by atoms with E-state index >= 15 is 0 Å². The number of anilines is 1. The van der Waals surface area contributed by atoms with Crippen LogP contribution in [0.2, 0.25) is 5.02 Å². The van der Waals surface area contributed by atoms with Crippen LogP contribution in [-0.2, 0) is 4.74 Å². The average molecular weight is 449 g/mol. The molecule has 1 aromatic carbocycles. The Morgan fingerprint density at radius 1 is 1.23 bits per heavy atom. The van der Waals surface area contributed by atoms with Gasteiger partial charge in [-0.15, -0.1) is 0 Å². The highest BCUT2D eigenvalue weighted by Gasteiger charge is 2.39. The zero-order valence-electron chi connectivity index (χ0n) is 16.7. The van der Waals surface area contributed by atoms with Crippen LogP contribution in [0.1, 0.15) is 10.4 Å². The smallest absolute Gasteiger partial charge is 0.261 e. The number of hydrogen-bond donors (Lipinski definition) is 2. The number of piperazine rings is 1. The molecule has 2 aromatic rings. The highest BCUT2D eigenvalue weighted by Crippen LogP contribution is 2.45. The maximum atomic E-state index is 14.7. The predicted octanol–water partition coefficient (Wildman–Crippen LogP) is 1.89. The van der Waals surface area contributed by atoms with E-state index in [2.05, 4.69) is 10.3 Å². The van der Waals surface area contributed by atoms with E-state index in [-0.39, 0.29) is 51.9 Å². The van der Waals surface area contributed by atoms with E-state index in [1.807, 2.05) is 4.90 Å². The second-order valence-corrected chi connectivity index (χ2v) is 8.08. The minimum Gasteiger partial charge on any atom is -0.507 e. The van der Waals surface area contributed by atoms with Gasteiger partial charge in [0.1, 0.15) is 40.3 Å². The maximum Gasteiger partial charge on any atom is 0.261 e. The van der Waals surface area contributed by atoms with Crippen molar-refractivity contribution < 1.29 is 23.8 Å². The van der Waals surface area contributed by atoms with Crippen LogP contribution in [0.5, 0.6) is 11.5 Å². The molecule has 5 rings (SSSR count). The fourth-order valence-corrected chi connectivity index (χ4v) is 4.56. The third-order valence-electron chi connectivity index (χ3n) is 5.86. The van der Waals surface area contributed by atoms with Crippen LogP contribution in [0.4, 0.5) is 10.2 Å². The Morgan fingerprint density at radius 2 is 2.03 bits per heavy atom. The van der Waals surface area contributed by atoms with Gasteiger partial charge in [-0.3, -0.25) is 4.79 Å². The summed E-state index contributed by atoms with van der Waals surface area (Å²) in [7, 11) is 0. The summed E-state index contributed by atoms with van der Waals surface area (Å²) >= 11 is 6.66. The third kappa shape index (κ3) is 3.46. The van der Waals surface area contributed by atoms with Crippen LogP contribution in [0.3, 0.4) is 0 Å². The van der Waals surface area contributed by atoms with Crippen molar-refractivity contribution in [2.75, 3.05) is 57.4 Å². The lowest BCUT2D eigenvalue weighted by molar-refractivity contribution is 0.0606. The lowest BCUT2D eigenvalue weighted by atomic mass is 10.1. The van der Waals surface area contributed by atoms with E-state index in [9.17, 15) is 14.3 Å². The fraction of sp³-hybridized carbons (Fsp3) is 0.429. The monoisotopic (exact) mass is 448 g/mol. The Bertz CT molecular complexity index is 1010. The lowest BCUT2D eigenvalue weighted by Gasteiger charge is -2.35. The molecule has 0 bridgehead atoms.